The zero-order chi connectivity index (χ0) is 24.3. The van der Waals surface area contributed by atoms with Crippen molar-refractivity contribution in [3.63, 3.8) is 0 Å². The van der Waals surface area contributed by atoms with Crippen LogP contribution in [0.15, 0.2) is 0 Å². The fourth-order valence-electron chi connectivity index (χ4n) is 2.34. The van der Waals surface area contributed by atoms with Gasteiger partial charge in [-0.05, 0) is 5.92 Å². The Hall–Kier alpha value is -3.26. The molecule has 0 aromatic carbocycles. The number of nitrogens with one attached hydrogen (secondary N) is 3. The number of amides is 3. The second-order valence-electron chi connectivity index (χ2n) is 6.82. The third kappa shape index (κ3) is 9.86. The molecule has 0 saturated carbocycles. The molecular formula is C17H28N4O10. The average molecular weight is 448 g/mol. The van der Waals surface area contributed by atoms with Crippen molar-refractivity contribution in [2.24, 2.45) is 11.7 Å². The largest absolute Gasteiger partial charge is 0.481 e. The molecule has 0 fully saturated rings. The first-order valence-corrected chi connectivity index (χ1v) is 9.27. The summed E-state index contributed by atoms with van der Waals surface area (Å²) in [5, 5.41) is 42.1. The first-order chi connectivity index (χ1) is 14.3. The summed E-state index contributed by atoms with van der Waals surface area (Å²) in [5.74, 6) is -8.14. The van der Waals surface area contributed by atoms with E-state index in [9.17, 15) is 28.8 Å². The van der Waals surface area contributed by atoms with E-state index >= 15 is 0 Å². The van der Waals surface area contributed by atoms with Crippen molar-refractivity contribution in [3.8, 4) is 0 Å². The van der Waals surface area contributed by atoms with Crippen molar-refractivity contribution in [1.29, 1.82) is 0 Å². The zero-order valence-electron chi connectivity index (χ0n) is 17.0. The van der Waals surface area contributed by atoms with Crippen molar-refractivity contribution in [3.05, 3.63) is 0 Å². The molecule has 0 spiro atoms. The monoisotopic (exact) mass is 448 g/mol. The smallest absolute Gasteiger partial charge is 0.326 e. The highest BCUT2D eigenvalue weighted by Crippen LogP contribution is 2.10. The second kappa shape index (κ2) is 13.1. The first-order valence-electron chi connectivity index (χ1n) is 9.27. The molecule has 31 heavy (non-hydrogen) atoms. The molecule has 0 heterocycles. The van der Waals surface area contributed by atoms with Crippen LogP contribution in [-0.4, -0.2) is 86.8 Å². The molecule has 0 aliphatic heterocycles. The van der Waals surface area contributed by atoms with Crippen LogP contribution in [0, 0.1) is 5.92 Å². The molecule has 176 valence electrons. The van der Waals surface area contributed by atoms with Gasteiger partial charge in [0.25, 0.3) is 0 Å². The maximum atomic E-state index is 12.6. The maximum Gasteiger partial charge on any atom is 0.326 e. The minimum absolute atomic E-state index is 0.334. The second-order valence-corrected chi connectivity index (χ2v) is 6.82. The summed E-state index contributed by atoms with van der Waals surface area (Å²) in [6.45, 7) is 2.45. The molecule has 5 atom stereocenters. The summed E-state index contributed by atoms with van der Waals surface area (Å²) in [4.78, 5) is 70.0. The number of aliphatic hydroxyl groups excluding tert-OH is 1. The average Bonchev–Trinajstić information content (AvgIpc) is 2.68. The number of aliphatic hydroxyl groups is 1. The van der Waals surface area contributed by atoms with Gasteiger partial charge >= 0.3 is 17.9 Å². The fourth-order valence-corrected chi connectivity index (χ4v) is 2.34. The number of hydrogen-bond donors (Lipinski definition) is 8. The van der Waals surface area contributed by atoms with Gasteiger partial charge in [-0.25, -0.2) is 4.79 Å². The Bertz CT molecular complexity index is 698. The molecule has 3 amide bonds. The first kappa shape index (κ1) is 27.7. The molecule has 0 aromatic heterocycles. The summed E-state index contributed by atoms with van der Waals surface area (Å²) in [6, 6.07) is -6.17. The van der Waals surface area contributed by atoms with Crippen molar-refractivity contribution in [1.82, 2.24) is 16.0 Å². The molecule has 14 nitrogen and oxygen atoms in total. The lowest BCUT2D eigenvalue weighted by Crippen LogP contribution is -2.59. The lowest BCUT2D eigenvalue weighted by Gasteiger charge is -2.27. The van der Waals surface area contributed by atoms with Crippen LogP contribution >= 0.6 is 0 Å². The standard InChI is InChI=1S/C17H28N4O10/c1-3-7(2)13(16(29)20-10(17(30)31)5-12(25)26)21-15(28)9(4-11(23)24)19-14(27)8(18)6-22/h7-10,13,22H,3-6,18H2,1-2H3,(H,19,27)(H,20,29)(H,21,28)(H,23,24)(H,25,26)(H,30,31). The molecule has 0 radical (unpaired) electrons. The summed E-state index contributed by atoms with van der Waals surface area (Å²) >= 11 is 0. The molecule has 0 bridgehead atoms. The van der Waals surface area contributed by atoms with Crippen LogP contribution in [0.4, 0.5) is 0 Å². The summed E-state index contributed by atoms with van der Waals surface area (Å²) in [7, 11) is 0. The summed E-state index contributed by atoms with van der Waals surface area (Å²) in [5.41, 5.74) is 5.33. The van der Waals surface area contributed by atoms with Gasteiger partial charge in [-0.15, -0.1) is 0 Å². The van der Waals surface area contributed by atoms with Crippen LogP contribution < -0.4 is 21.7 Å². The van der Waals surface area contributed by atoms with E-state index in [1.165, 1.54) is 0 Å². The van der Waals surface area contributed by atoms with Gasteiger partial charge in [0.05, 0.1) is 19.4 Å². The maximum absolute atomic E-state index is 12.6. The molecule has 9 N–H and O–H groups in total. The number of carboxylic acids is 3. The van der Waals surface area contributed by atoms with E-state index in [2.05, 4.69) is 10.6 Å². The van der Waals surface area contributed by atoms with Crippen molar-refractivity contribution < 1.29 is 49.2 Å². The van der Waals surface area contributed by atoms with Gasteiger partial charge in [-0.2, -0.15) is 0 Å². The number of nitrogens with two attached hydrogens (primary N) is 1. The minimum atomic E-state index is -1.76. The van der Waals surface area contributed by atoms with E-state index in [1.807, 2.05) is 5.32 Å². The Balaban J connectivity index is 5.56. The zero-order valence-corrected chi connectivity index (χ0v) is 17.0. The Morgan fingerprint density at radius 3 is 1.71 bits per heavy atom. The van der Waals surface area contributed by atoms with E-state index in [1.54, 1.807) is 13.8 Å². The molecule has 0 aliphatic carbocycles. The highest BCUT2D eigenvalue weighted by molar-refractivity contribution is 5.96. The van der Waals surface area contributed by atoms with E-state index in [0.29, 0.717) is 6.42 Å². The SMILES string of the molecule is CCC(C)C(NC(=O)C(CC(=O)O)NC(=O)C(N)CO)C(=O)NC(CC(=O)O)C(=O)O. The van der Waals surface area contributed by atoms with Crippen molar-refractivity contribution >= 4 is 35.6 Å². The van der Waals surface area contributed by atoms with Crippen molar-refractivity contribution in [2.75, 3.05) is 6.61 Å². The van der Waals surface area contributed by atoms with Gasteiger partial charge in [0.15, 0.2) is 0 Å². The Morgan fingerprint density at radius 2 is 1.29 bits per heavy atom. The van der Waals surface area contributed by atoms with Gasteiger partial charge in [0.1, 0.15) is 24.2 Å². The minimum Gasteiger partial charge on any atom is -0.481 e. The lowest BCUT2D eigenvalue weighted by atomic mass is 9.97. The third-order valence-corrected chi connectivity index (χ3v) is 4.33. The quantitative estimate of drug-likeness (QED) is 0.132. The predicted molar refractivity (Wildman–Crippen MR) is 102 cm³/mol. The molecule has 0 rings (SSSR count). The van der Waals surface area contributed by atoms with Gasteiger partial charge in [-0.1, -0.05) is 20.3 Å². The predicted octanol–water partition coefficient (Wildman–Crippen LogP) is -3.16. The topological polar surface area (TPSA) is 245 Å². The van der Waals surface area contributed by atoms with Crippen LogP contribution in [0.5, 0.6) is 0 Å². The Morgan fingerprint density at radius 1 is 0.806 bits per heavy atom. The number of carboxylic acid groups (broad SMARTS) is 3. The summed E-state index contributed by atoms with van der Waals surface area (Å²) in [6.07, 6.45) is -1.43. The number of hydrogen-bond acceptors (Lipinski definition) is 8. The molecule has 14 heteroatoms. The van der Waals surface area contributed by atoms with Crippen LogP contribution in [0.3, 0.4) is 0 Å². The fraction of sp³-hybridized carbons (Fsp3) is 0.647. The molecule has 0 saturated heterocycles. The third-order valence-electron chi connectivity index (χ3n) is 4.33. The van der Waals surface area contributed by atoms with Gasteiger partial charge in [-0.3, -0.25) is 24.0 Å². The van der Waals surface area contributed by atoms with Crippen molar-refractivity contribution in [2.45, 2.75) is 57.3 Å². The van der Waals surface area contributed by atoms with Gasteiger partial charge in [0, 0.05) is 0 Å². The summed E-state index contributed by atoms with van der Waals surface area (Å²) < 4.78 is 0. The van der Waals surface area contributed by atoms with Crippen LogP contribution in [-0.2, 0) is 28.8 Å². The highest BCUT2D eigenvalue weighted by atomic mass is 16.4. The molecule has 5 unspecified atom stereocenters. The Kier molecular flexibility index (Phi) is 11.7. The van der Waals surface area contributed by atoms with E-state index < -0.39 is 85.2 Å². The normalized spacial score (nSPS) is 15.5. The lowest BCUT2D eigenvalue weighted by molar-refractivity contribution is -0.147. The van der Waals surface area contributed by atoms with Crippen LogP contribution in [0.25, 0.3) is 0 Å². The van der Waals surface area contributed by atoms with Crippen LogP contribution in [0.1, 0.15) is 33.1 Å². The highest BCUT2D eigenvalue weighted by Gasteiger charge is 2.34. The van der Waals surface area contributed by atoms with E-state index in [-0.39, 0.29) is 0 Å². The van der Waals surface area contributed by atoms with E-state index in [0.717, 1.165) is 0 Å². The van der Waals surface area contributed by atoms with Crippen LogP contribution in [0.2, 0.25) is 0 Å². The molecular weight excluding hydrogens is 420 g/mol. The molecule has 0 aliphatic rings. The van der Waals surface area contributed by atoms with Gasteiger partial charge < -0.3 is 42.1 Å². The number of rotatable bonds is 14. The molecule has 0 aromatic rings. The van der Waals surface area contributed by atoms with E-state index in [4.69, 9.17) is 26.2 Å². The number of aliphatic carboxylic acids is 3. The number of carbonyl (C=O) groups excluding carboxylic acids is 3. The number of carbonyl (C=O) groups is 6. The Labute approximate surface area is 177 Å². The van der Waals surface area contributed by atoms with Gasteiger partial charge in [0.2, 0.25) is 17.7 Å².